The Morgan fingerprint density at radius 2 is 1.67 bits per heavy atom. The number of benzene rings is 2. The number of carbonyl (C=O) groups excluding carboxylic acids is 1. The molecule has 1 aliphatic rings. The lowest BCUT2D eigenvalue weighted by atomic mass is 9.98. The van der Waals surface area contributed by atoms with Crippen LogP contribution in [0.25, 0.3) is 11.1 Å². The van der Waals surface area contributed by atoms with E-state index in [0.717, 1.165) is 0 Å². The molecule has 2 aromatic carbocycles. The minimum atomic E-state index is -0.422. The third-order valence-electron chi connectivity index (χ3n) is 4.53. The van der Waals surface area contributed by atoms with E-state index in [9.17, 15) is 9.90 Å². The zero-order chi connectivity index (χ0) is 17.1. The molecule has 1 N–H and O–H groups in total. The average molecular weight is 325 g/mol. The van der Waals surface area contributed by atoms with Crippen LogP contribution in [-0.2, 0) is 4.74 Å². The Morgan fingerprint density at radius 3 is 2.21 bits per heavy atom. The molecular weight excluding hydrogens is 302 g/mol. The number of rotatable bonds is 5. The van der Waals surface area contributed by atoms with Crippen molar-refractivity contribution in [3.05, 3.63) is 59.7 Å². The highest BCUT2D eigenvalue weighted by Crippen LogP contribution is 2.44. The Labute approximate surface area is 142 Å². The SMILES string of the molecule is CC(O)CCN(C)C(=O)OCC1c2ccccc2-c2ccccc21. The summed E-state index contributed by atoms with van der Waals surface area (Å²) in [6.07, 6.45) is -0.230. The summed E-state index contributed by atoms with van der Waals surface area (Å²) in [5.74, 6) is 0.0755. The fourth-order valence-corrected chi connectivity index (χ4v) is 3.18. The molecule has 0 saturated heterocycles. The second-order valence-corrected chi connectivity index (χ2v) is 6.36. The third-order valence-corrected chi connectivity index (χ3v) is 4.53. The molecule has 0 heterocycles. The lowest BCUT2D eigenvalue weighted by Gasteiger charge is -2.20. The summed E-state index contributed by atoms with van der Waals surface area (Å²) in [5, 5.41) is 9.33. The van der Waals surface area contributed by atoms with Crippen LogP contribution in [0.15, 0.2) is 48.5 Å². The zero-order valence-corrected chi connectivity index (χ0v) is 14.1. The summed E-state index contributed by atoms with van der Waals surface area (Å²) in [6.45, 7) is 2.52. The average Bonchev–Trinajstić information content (AvgIpc) is 2.91. The number of aliphatic hydroxyl groups excluding tert-OH is 1. The van der Waals surface area contributed by atoms with Gasteiger partial charge in [0.1, 0.15) is 6.61 Å². The van der Waals surface area contributed by atoms with Gasteiger partial charge in [0.15, 0.2) is 0 Å². The molecule has 3 rings (SSSR count). The van der Waals surface area contributed by atoms with Crippen molar-refractivity contribution in [1.82, 2.24) is 4.90 Å². The molecule has 2 aromatic rings. The smallest absolute Gasteiger partial charge is 0.409 e. The first-order valence-electron chi connectivity index (χ1n) is 8.32. The highest BCUT2D eigenvalue weighted by molar-refractivity contribution is 5.79. The number of hydrogen-bond donors (Lipinski definition) is 1. The molecule has 24 heavy (non-hydrogen) atoms. The van der Waals surface area contributed by atoms with Crippen LogP contribution in [0.5, 0.6) is 0 Å². The van der Waals surface area contributed by atoms with Crippen LogP contribution >= 0.6 is 0 Å². The fraction of sp³-hybridized carbons (Fsp3) is 0.350. The van der Waals surface area contributed by atoms with Crippen LogP contribution in [-0.4, -0.2) is 42.4 Å². The molecule has 0 saturated carbocycles. The number of nitrogens with zero attached hydrogens (tertiary/aromatic N) is 1. The van der Waals surface area contributed by atoms with Crippen LogP contribution < -0.4 is 0 Å². The summed E-state index contributed by atoms with van der Waals surface area (Å²) in [6, 6.07) is 16.6. The van der Waals surface area contributed by atoms with Crippen molar-refractivity contribution >= 4 is 6.09 Å². The van der Waals surface area contributed by atoms with E-state index in [1.54, 1.807) is 14.0 Å². The molecule has 1 amide bonds. The van der Waals surface area contributed by atoms with Crippen LogP contribution in [0.4, 0.5) is 4.79 Å². The van der Waals surface area contributed by atoms with Crippen molar-refractivity contribution in [2.45, 2.75) is 25.4 Å². The van der Waals surface area contributed by atoms with Crippen LogP contribution in [0.2, 0.25) is 0 Å². The first-order chi connectivity index (χ1) is 11.6. The van der Waals surface area contributed by atoms with Gasteiger partial charge in [-0.05, 0) is 35.6 Å². The molecule has 1 atom stereocenters. The van der Waals surface area contributed by atoms with Gasteiger partial charge in [0.2, 0.25) is 0 Å². The van der Waals surface area contributed by atoms with E-state index in [0.29, 0.717) is 19.6 Å². The molecule has 0 aromatic heterocycles. The standard InChI is InChI=1S/C20H23NO3/c1-14(22)11-12-21(2)20(23)24-13-19-17-9-5-3-7-15(17)16-8-4-6-10-18(16)19/h3-10,14,19,22H,11-13H2,1-2H3. The minimum Gasteiger partial charge on any atom is -0.448 e. The maximum atomic E-state index is 12.2. The summed E-state index contributed by atoms with van der Waals surface area (Å²) in [4.78, 5) is 13.7. The summed E-state index contributed by atoms with van der Waals surface area (Å²) in [7, 11) is 1.70. The fourth-order valence-electron chi connectivity index (χ4n) is 3.18. The monoisotopic (exact) mass is 325 g/mol. The van der Waals surface area contributed by atoms with E-state index in [2.05, 4.69) is 24.3 Å². The Balaban J connectivity index is 1.70. The van der Waals surface area contributed by atoms with Gasteiger partial charge >= 0.3 is 6.09 Å². The second kappa shape index (κ2) is 7.05. The highest BCUT2D eigenvalue weighted by Gasteiger charge is 2.29. The number of fused-ring (bicyclic) bond motifs is 3. The van der Waals surface area contributed by atoms with Gasteiger partial charge in [0.25, 0.3) is 0 Å². The number of hydrogen-bond acceptors (Lipinski definition) is 3. The van der Waals surface area contributed by atoms with Crippen molar-refractivity contribution in [2.75, 3.05) is 20.2 Å². The number of aliphatic hydroxyl groups is 1. The van der Waals surface area contributed by atoms with E-state index in [-0.39, 0.29) is 12.0 Å². The van der Waals surface area contributed by atoms with Gasteiger partial charge in [-0.3, -0.25) is 0 Å². The molecule has 4 heteroatoms. The van der Waals surface area contributed by atoms with Crippen molar-refractivity contribution in [3.8, 4) is 11.1 Å². The van der Waals surface area contributed by atoms with Gasteiger partial charge in [0, 0.05) is 19.5 Å². The van der Waals surface area contributed by atoms with Gasteiger partial charge in [-0.25, -0.2) is 4.79 Å². The molecule has 0 bridgehead atoms. The Kier molecular flexibility index (Phi) is 4.86. The first kappa shape index (κ1) is 16.5. The summed E-state index contributed by atoms with van der Waals surface area (Å²) in [5.41, 5.74) is 4.85. The maximum Gasteiger partial charge on any atom is 0.409 e. The van der Waals surface area contributed by atoms with Crippen LogP contribution in [0.1, 0.15) is 30.4 Å². The van der Waals surface area contributed by atoms with Gasteiger partial charge in [-0.2, -0.15) is 0 Å². The molecule has 0 fully saturated rings. The van der Waals surface area contributed by atoms with E-state index < -0.39 is 6.10 Å². The Morgan fingerprint density at radius 1 is 1.12 bits per heavy atom. The van der Waals surface area contributed by atoms with E-state index in [1.165, 1.54) is 27.2 Å². The zero-order valence-electron chi connectivity index (χ0n) is 14.1. The van der Waals surface area contributed by atoms with E-state index >= 15 is 0 Å². The quantitative estimate of drug-likeness (QED) is 0.913. The lowest BCUT2D eigenvalue weighted by molar-refractivity contribution is 0.100. The Bertz CT molecular complexity index is 681. The maximum absolute atomic E-state index is 12.2. The molecule has 0 spiro atoms. The normalized spacial score (nSPS) is 14.0. The molecule has 4 nitrogen and oxygen atoms in total. The third kappa shape index (κ3) is 3.29. The van der Waals surface area contributed by atoms with Crippen molar-refractivity contribution in [1.29, 1.82) is 0 Å². The number of amides is 1. The molecular formula is C20H23NO3. The molecule has 0 radical (unpaired) electrons. The lowest BCUT2D eigenvalue weighted by Crippen LogP contribution is -2.31. The largest absolute Gasteiger partial charge is 0.448 e. The number of ether oxygens (including phenoxy) is 1. The Hall–Kier alpha value is -2.33. The molecule has 1 aliphatic carbocycles. The predicted octanol–water partition coefficient (Wildman–Crippen LogP) is 3.64. The summed E-state index contributed by atoms with van der Waals surface area (Å²) < 4.78 is 5.54. The van der Waals surface area contributed by atoms with Crippen LogP contribution in [0.3, 0.4) is 0 Å². The van der Waals surface area contributed by atoms with Gasteiger partial charge < -0.3 is 14.7 Å². The van der Waals surface area contributed by atoms with Gasteiger partial charge in [-0.15, -0.1) is 0 Å². The van der Waals surface area contributed by atoms with E-state index in [4.69, 9.17) is 4.74 Å². The van der Waals surface area contributed by atoms with Crippen molar-refractivity contribution < 1.29 is 14.6 Å². The molecule has 126 valence electrons. The minimum absolute atomic E-state index is 0.0755. The predicted molar refractivity (Wildman–Crippen MR) is 94.0 cm³/mol. The summed E-state index contributed by atoms with van der Waals surface area (Å²) >= 11 is 0. The van der Waals surface area contributed by atoms with Crippen molar-refractivity contribution in [2.24, 2.45) is 0 Å². The number of carbonyl (C=O) groups is 1. The van der Waals surface area contributed by atoms with Gasteiger partial charge in [0.05, 0.1) is 6.10 Å². The first-order valence-corrected chi connectivity index (χ1v) is 8.32. The van der Waals surface area contributed by atoms with Crippen molar-refractivity contribution in [3.63, 3.8) is 0 Å². The van der Waals surface area contributed by atoms with E-state index in [1.807, 2.05) is 24.3 Å². The molecule has 0 aliphatic heterocycles. The second-order valence-electron chi connectivity index (χ2n) is 6.36. The highest BCUT2D eigenvalue weighted by atomic mass is 16.6. The van der Waals surface area contributed by atoms with Gasteiger partial charge in [-0.1, -0.05) is 48.5 Å². The van der Waals surface area contributed by atoms with Crippen LogP contribution in [0, 0.1) is 0 Å². The molecule has 1 unspecified atom stereocenters. The topological polar surface area (TPSA) is 49.8 Å².